The molecule has 0 spiro atoms. The third-order valence-corrected chi connectivity index (χ3v) is 4.13. The highest BCUT2D eigenvalue weighted by molar-refractivity contribution is 5.21. The highest BCUT2D eigenvalue weighted by Gasteiger charge is 2.33. The summed E-state index contributed by atoms with van der Waals surface area (Å²) in [4.78, 5) is 2.43. The standard InChI is InChI=1S/C17H28N2O/c1-15-5-7-16(8-6-15)11-19(3)13-17(12-18-2)9-4-10-20-14-17/h5-8,18H,4,9-14H2,1-3H3. The lowest BCUT2D eigenvalue weighted by Gasteiger charge is -2.40. The van der Waals surface area contributed by atoms with Crippen molar-refractivity contribution in [1.82, 2.24) is 10.2 Å². The van der Waals surface area contributed by atoms with E-state index in [1.54, 1.807) is 0 Å². The summed E-state index contributed by atoms with van der Waals surface area (Å²) in [6, 6.07) is 8.84. The summed E-state index contributed by atoms with van der Waals surface area (Å²) >= 11 is 0. The van der Waals surface area contributed by atoms with Crippen molar-refractivity contribution in [2.45, 2.75) is 26.3 Å². The number of hydrogen-bond donors (Lipinski definition) is 1. The molecule has 1 aromatic rings. The van der Waals surface area contributed by atoms with Gasteiger partial charge in [-0.25, -0.2) is 0 Å². The number of nitrogens with one attached hydrogen (secondary N) is 1. The third kappa shape index (κ3) is 4.30. The second-order valence-electron chi connectivity index (χ2n) is 6.34. The van der Waals surface area contributed by atoms with Crippen LogP contribution >= 0.6 is 0 Å². The molecule has 1 saturated heterocycles. The van der Waals surface area contributed by atoms with Crippen LogP contribution in [0.5, 0.6) is 0 Å². The van der Waals surface area contributed by atoms with Crippen LogP contribution in [0.1, 0.15) is 24.0 Å². The first-order chi connectivity index (χ1) is 9.63. The average molecular weight is 276 g/mol. The van der Waals surface area contributed by atoms with Gasteiger partial charge in [-0.05, 0) is 39.4 Å². The monoisotopic (exact) mass is 276 g/mol. The lowest BCUT2D eigenvalue weighted by Crippen LogP contribution is -2.47. The minimum Gasteiger partial charge on any atom is -0.381 e. The molecule has 0 amide bonds. The summed E-state index contributed by atoms with van der Waals surface area (Å²) < 4.78 is 5.74. The van der Waals surface area contributed by atoms with Gasteiger partial charge in [0.05, 0.1) is 6.61 Å². The molecule has 0 bridgehead atoms. The maximum atomic E-state index is 5.74. The zero-order chi connectivity index (χ0) is 14.4. The summed E-state index contributed by atoms with van der Waals surface area (Å²) in [6.07, 6.45) is 2.44. The highest BCUT2D eigenvalue weighted by Crippen LogP contribution is 2.29. The SMILES string of the molecule is CNCC1(CN(C)Cc2ccc(C)cc2)CCCOC1. The maximum absolute atomic E-state index is 5.74. The normalized spacial score (nSPS) is 23.2. The molecule has 0 saturated carbocycles. The Labute approximate surface area is 123 Å². The Bertz CT molecular complexity index is 390. The van der Waals surface area contributed by atoms with Crippen LogP contribution in [-0.2, 0) is 11.3 Å². The quantitative estimate of drug-likeness (QED) is 0.864. The van der Waals surface area contributed by atoms with Crippen molar-refractivity contribution >= 4 is 0 Å². The van der Waals surface area contributed by atoms with Crippen LogP contribution in [0.25, 0.3) is 0 Å². The summed E-state index contributed by atoms with van der Waals surface area (Å²) in [5, 5.41) is 3.35. The van der Waals surface area contributed by atoms with Crippen molar-refractivity contribution in [2.24, 2.45) is 5.41 Å². The molecule has 0 aliphatic carbocycles. The highest BCUT2D eigenvalue weighted by atomic mass is 16.5. The van der Waals surface area contributed by atoms with Crippen LogP contribution in [-0.4, -0.2) is 45.3 Å². The summed E-state index contributed by atoms with van der Waals surface area (Å²) in [6.45, 7) is 7.06. The lowest BCUT2D eigenvalue weighted by molar-refractivity contribution is -0.0228. The second kappa shape index (κ2) is 7.21. The molecule has 3 nitrogen and oxygen atoms in total. The third-order valence-electron chi connectivity index (χ3n) is 4.13. The average Bonchev–Trinajstić information content (AvgIpc) is 2.42. The van der Waals surface area contributed by atoms with E-state index < -0.39 is 0 Å². The van der Waals surface area contributed by atoms with Crippen molar-refractivity contribution < 1.29 is 4.74 Å². The summed E-state index contributed by atoms with van der Waals surface area (Å²) in [5.41, 5.74) is 2.98. The Morgan fingerprint density at radius 1 is 1.30 bits per heavy atom. The summed E-state index contributed by atoms with van der Waals surface area (Å²) in [5.74, 6) is 0. The molecule has 1 atom stereocenters. The number of aryl methyl sites for hydroxylation is 1. The van der Waals surface area contributed by atoms with Gasteiger partial charge < -0.3 is 15.0 Å². The van der Waals surface area contributed by atoms with E-state index in [0.29, 0.717) is 0 Å². The largest absolute Gasteiger partial charge is 0.381 e. The van der Waals surface area contributed by atoms with E-state index in [2.05, 4.69) is 48.5 Å². The van der Waals surface area contributed by atoms with Gasteiger partial charge in [0.25, 0.3) is 0 Å². The van der Waals surface area contributed by atoms with Gasteiger partial charge in [-0.2, -0.15) is 0 Å². The van der Waals surface area contributed by atoms with E-state index in [4.69, 9.17) is 4.74 Å². The van der Waals surface area contributed by atoms with Gasteiger partial charge >= 0.3 is 0 Å². The molecular formula is C17H28N2O. The molecule has 1 aromatic carbocycles. The van der Waals surface area contributed by atoms with Gasteiger partial charge in [0, 0.05) is 31.7 Å². The predicted molar refractivity (Wildman–Crippen MR) is 83.9 cm³/mol. The van der Waals surface area contributed by atoms with Gasteiger partial charge in [0.15, 0.2) is 0 Å². The number of ether oxygens (including phenoxy) is 1. The molecule has 1 N–H and O–H groups in total. The Morgan fingerprint density at radius 3 is 2.65 bits per heavy atom. The van der Waals surface area contributed by atoms with E-state index in [-0.39, 0.29) is 5.41 Å². The second-order valence-corrected chi connectivity index (χ2v) is 6.34. The fourth-order valence-corrected chi connectivity index (χ4v) is 3.24. The van der Waals surface area contributed by atoms with E-state index in [1.807, 2.05) is 7.05 Å². The van der Waals surface area contributed by atoms with Crippen LogP contribution in [0.3, 0.4) is 0 Å². The number of nitrogens with zero attached hydrogens (tertiary/aromatic N) is 1. The molecule has 0 aromatic heterocycles. The molecule has 0 radical (unpaired) electrons. The first kappa shape index (κ1) is 15.5. The zero-order valence-electron chi connectivity index (χ0n) is 13.1. The van der Waals surface area contributed by atoms with Crippen molar-refractivity contribution in [3.63, 3.8) is 0 Å². The molecule has 1 heterocycles. The Kier molecular flexibility index (Phi) is 5.58. The van der Waals surface area contributed by atoms with Gasteiger partial charge in [0.1, 0.15) is 0 Å². The van der Waals surface area contributed by atoms with Gasteiger partial charge in [-0.15, -0.1) is 0 Å². The van der Waals surface area contributed by atoms with E-state index in [1.165, 1.54) is 24.0 Å². The first-order valence-corrected chi connectivity index (χ1v) is 7.60. The van der Waals surface area contributed by atoms with Crippen molar-refractivity contribution in [1.29, 1.82) is 0 Å². The molecule has 20 heavy (non-hydrogen) atoms. The van der Waals surface area contributed by atoms with Crippen molar-refractivity contribution in [3.8, 4) is 0 Å². The van der Waals surface area contributed by atoms with Gasteiger partial charge in [-0.1, -0.05) is 29.8 Å². The maximum Gasteiger partial charge on any atom is 0.0546 e. The topological polar surface area (TPSA) is 24.5 Å². The fraction of sp³-hybridized carbons (Fsp3) is 0.647. The van der Waals surface area contributed by atoms with Crippen LogP contribution < -0.4 is 5.32 Å². The van der Waals surface area contributed by atoms with Crippen LogP contribution in [0.2, 0.25) is 0 Å². The minimum atomic E-state index is 0.270. The first-order valence-electron chi connectivity index (χ1n) is 7.60. The number of hydrogen-bond acceptors (Lipinski definition) is 3. The molecule has 1 aliphatic heterocycles. The molecule has 2 rings (SSSR count). The molecule has 3 heteroatoms. The number of benzene rings is 1. The minimum absolute atomic E-state index is 0.270. The van der Waals surface area contributed by atoms with E-state index in [0.717, 1.165) is 32.8 Å². The molecular weight excluding hydrogens is 248 g/mol. The lowest BCUT2D eigenvalue weighted by atomic mass is 9.82. The van der Waals surface area contributed by atoms with Gasteiger partial charge in [0.2, 0.25) is 0 Å². The van der Waals surface area contributed by atoms with E-state index in [9.17, 15) is 0 Å². The molecule has 1 unspecified atom stereocenters. The van der Waals surface area contributed by atoms with Crippen molar-refractivity contribution in [2.75, 3.05) is 40.4 Å². The van der Waals surface area contributed by atoms with Gasteiger partial charge in [-0.3, -0.25) is 0 Å². The smallest absolute Gasteiger partial charge is 0.0546 e. The van der Waals surface area contributed by atoms with Crippen LogP contribution in [0.4, 0.5) is 0 Å². The summed E-state index contributed by atoms with van der Waals surface area (Å²) in [7, 11) is 4.25. The van der Waals surface area contributed by atoms with Crippen LogP contribution in [0.15, 0.2) is 24.3 Å². The number of rotatable bonds is 6. The zero-order valence-corrected chi connectivity index (χ0v) is 13.1. The Hall–Kier alpha value is -0.900. The molecule has 112 valence electrons. The Balaban J connectivity index is 1.93. The van der Waals surface area contributed by atoms with E-state index >= 15 is 0 Å². The molecule has 1 aliphatic rings. The Morgan fingerprint density at radius 2 is 2.05 bits per heavy atom. The molecule has 1 fully saturated rings. The van der Waals surface area contributed by atoms with Crippen molar-refractivity contribution in [3.05, 3.63) is 35.4 Å². The predicted octanol–water partition coefficient (Wildman–Crippen LogP) is 2.44. The fourth-order valence-electron chi connectivity index (χ4n) is 3.24. The van der Waals surface area contributed by atoms with Crippen LogP contribution in [0, 0.1) is 12.3 Å².